The van der Waals surface area contributed by atoms with Gasteiger partial charge >= 0.3 is 6.18 Å². The first-order chi connectivity index (χ1) is 8.69. The Labute approximate surface area is 115 Å². The number of alkyl halides is 5. The molecule has 1 aliphatic heterocycles. The summed E-state index contributed by atoms with van der Waals surface area (Å²) in [6.45, 7) is -0.143. The summed E-state index contributed by atoms with van der Waals surface area (Å²) in [7, 11) is 0. The van der Waals surface area contributed by atoms with E-state index in [1.807, 2.05) is 0 Å². The SMILES string of the molecule is FC1(F)CCN(c2ccc(Br)cc2C(F)(F)F)CC1. The van der Waals surface area contributed by atoms with Gasteiger partial charge in [0.1, 0.15) is 0 Å². The van der Waals surface area contributed by atoms with Crippen molar-refractivity contribution in [2.45, 2.75) is 24.9 Å². The number of hydrogen-bond donors (Lipinski definition) is 0. The average Bonchev–Trinajstić information content (AvgIpc) is 2.28. The van der Waals surface area contributed by atoms with Crippen molar-refractivity contribution >= 4 is 21.6 Å². The molecule has 0 amide bonds. The first kappa shape index (κ1) is 14.6. The van der Waals surface area contributed by atoms with Gasteiger partial charge in [0.2, 0.25) is 0 Å². The smallest absolute Gasteiger partial charge is 0.371 e. The molecule has 7 heteroatoms. The Bertz CT molecular complexity index is 462. The fraction of sp³-hybridized carbons (Fsp3) is 0.500. The van der Waals surface area contributed by atoms with E-state index in [0.717, 1.165) is 6.07 Å². The summed E-state index contributed by atoms with van der Waals surface area (Å²) >= 11 is 2.99. The zero-order chi connectivity index (χ0) is 14.3. The van der Waals surface area contributed by atoms with E-state index < -0.39 is 30.5 Å². The molecule has 1 heterocycles. The molecule has 1 saturated heterocycles. The van der Waals surface area contributed by atoms with Crippen molar-refractivity contribution in [1.82, 2.24) is 0 Å². The number of piperidine rings is 1. The van der Waals surface area contributed by atoms with Crippen LogP contribution in [0.15, 0.2) is 22.7 Å². The monoisotopic (exact) mass is 343 g/mol. The molecule has 0 spiro atoms. The Morgan fingerprint density at radius 1 is 1.11 bits per heavy atom. The topological polar surface area (TPSA) is 3.24 Å². The Balaban J connectivity index is 2.30. The summed E-state index contributed by atoms with van der Waals surface area (Å²) in [5, 5.41) is 0. The summed E-state index contributed by atoms with van der Waals surface area (Å²) in [5.41, 5.74) is -0.835. The number of nitrogens with zero attached hydrogens (tertiary/aromatic N) is 1. The van der Waals surface area contributed by atoms with E-state index in [4.69, 9.17) is 0 Å². The minimum absolute atomic E-state index is 0.0359. The molecule has 106 valence electrons. The summed E-state index contributed by atoms with van der Waals surface area (Å²) in [5.74, 6) is -2.77. The van der Waals surface area contributed by atoms with Crippen LogP contribution in [0, 0.1) is 0 Å². The van der Waals surface area contributed by atoms with E-state index in [-0.39, 0.29) is 18.8 Å². The maximum absolute atomic E-state index is 13.0. The van der Waals surface area contributed by atoms with Crippen LogP contribution in [-0.2, 0) is 6.18 Å². The van der Waals surface area contributed by atoms with Crippen LogP contribution in [0.4, 0.5) is 27.6 Å². The molecule has 1 nitrogen and oxygen atoms in total. The highest BCUT2D eigenvalue weighted by molar-refractivity contribution is 9.10. The van der Waals surface area contributed by atoms with Gasteiger partial charge in [0.15, 0.2) is 0 Å². The van der Waals surface area contributed by atoms with Crippen molar-refractivity contribution in [3.8, 4) is 0 Å². The van der Waals surface area contributed by atoms with Crippen LogP contribution < -0.4 is 4.90 Å². The molecule has 1 aliphatic rings. The van der Waals surface area contributed by atoms with Crippen molar-refractivity contribution in [2.24, 2.45) is 0 Å². The van der Waals surface area contributed by atoms with E-state index in [9.17, 15) is 22.0 Å². The Morgan fingerprint density at radius 3 is 2.21 bits per heavy atom. The number of anilines is 1. The molecule has 0 bridgehead atoms. The zero-order valence-electron chi connectivity index (χ0n) is 9.78. The minimum atomic E-state index is -4.50. The van der Waals surface area contributed by atoms with Gasteiger partial charge in [-0.2, -0.15) is 13.2 Å². The van der Waals surface area contributed by atoms with Gasteiger partial charge in [-0.1, -0.05) is 15.9 Å². The highest BCUT2D eigenvalue weighted by atomic mass is 79.9. The van der Waals surface area contributed by atoms with Crippen molar-refractivity contribution in [3.05, 3.63) is 28.2 Å². The van der Waals surface area contributed by atoms with Crippen LogP contribution in [0.5, 0.6) is 0 Å². The van der Waals surface area contributed by atoms with Gasteiger partial charge in [-0.3, -0.25) is 0 Å². The lowest BCUT2D eigenvalue weighted by Crippen LogP contribution is -2.40. The molecule has 0 saturated carbocycles. The quantitative estimate of drug-likeness (QED) is 0.668. The second-order valence-corrected chi connectivity index (χ2v) is 5.42. The largest absolute Gasteiger partial charge is 0.418 e. The van der Waals surface area contributed by atoms with Gasteiger partial charge in [-0.15, -0.1) is 0 Å². The van der Waals surface area contributed by atoms with Gasteiger partial charge in [0.25, 0.3) is 5.92 Å². The van der Waals surface area contributed by atoms with Crippen LogP contribution in [-0.4, -0.2) is 19.0 Å². The maximum Gasteiger partial charge on any atom is 0.418 e. The summed E-state index contributed by atoms with van der Waals surface area (Å²) < 4.78 is 65.2. The molecule has 1 aromatic carbocycles. The molecule has 0 unspecified atom stereocenters. The van der Waals surface area contributed by atoms with Crippen molar-refractivity contribution < 1.29 is 22.0 Å². The lowest BCUT2D eigenvalue weighted by atomic mass is 10.0. The van der Waals surface area contributed by atoms with E-state index in [0.29, 0.717) is 4.47 Å². The standard InChI is InChI=1S/C12H11BrF5N/c13-8-1-2-10(9(7-8)12(16,17)18)19-5-3-11(14,15)4-6-19/h1-2,7H,3-6H2. The lowest BCUT2D eigenvalue weighted by molar-refractivity contribution is -0.137. The van der Waals surface area contributed by atoms with Crippen molar-refractivity contribution in [3.63, 3.8) is 0 Å². The maximum atomic E-state index is 13.0. The molecule has 1 fully saturated rings. The third kappa shape index (κ3) is 3.38. The van der Waals surface area contributed by atoms with E-state index in [2.05, 4.69) is 15.9 Å². The number of rotatable bonds is 1. The van der Waals surface area contributed by atoms with Crippen LogP contribution in [0.2, 0.25) is 0 Å². The van der Waals surface area contributed by atoms with E-state index in [1.54, 1.807) is 0 Å². The second-order valence-electron chi connectivity index (χ2n) is 4.50. The molecule has 0 N–H and O–H groups in total. The molecule has 0 radical (unpaired) electrons. The van der Waals surface area contributed by atoms with Crippen LogP contribution in [0.3, 0.4) is 0 Å². The minimum Gasteiger partial charge on any atom is -0.371 e. The Hall–Kier alpha value is -0.850. The second kappa shape index (κ2) is 4.92. The van der Waals surface area contributed by atoms with Gasteiger partial charge in [-0.25, -0.2) is 8.78 Å². The Kier molecular flexibility index (Phi) is 3.77. The van der Waals surface area contributed by atoms with Gasteiger partial charge < -0.3 is 4.90 Å². The summed E-state index contributed by atoms with van der Waals surface area (Å²) in [6, 6.07) is 3.77. The number of hydrogen-bond acceptors (Lipinski definition) is 1. The fourth-order valence-electron chi connectivity index (χ4n) is 2.09. The fourth-order valence-corrected chi connectivity index (χ4v) is 2.45. The molecular formula is C12H11BrF5N. The first-order valence-electron chi connectivity index (χ1n) is 5.69. The van der Waals surface area contributed by atoms with Crippen LogP contribution in [0.1, 0.15) is 18.4 Å². The van der Waals surface area contributed by atoms with Gasteiger partial charge in [0.05, 0.1) is 5.56 Å². The van der Waals surface area contributed by atoms with Crippen LogP contribution >= 0.6 is 15.9 Å². The summed E-state index contributed by atoms with van der Waals surface area (Å²) in [6.07, 6.45) is -5.33. The van der Waals surface area contributed by atoms with E-state index >= 15 is 0 Å². The van der Waals surface area contributed by atoms with Gasteiger partial charge in [-0.05, 0) is 18.2 Å². The summed E-state index contributed by atoms with van der Waals surface area (Å²) in [4.78, 5) is 1.37. The zero-order valence-corrected chi connectivity index (χ0v) is 11.4. The highest BCUT2D eigenvalue weighted by Crippen LogP contribution is 2.40. The third-order valence-electron chi connectivity index (χ3n) is 3.10. The first-order valence-corrected chi connectivity index (χ1v) is 6.48. The van der Waals surface area contributed by atoms with Crippen LogP contribution in [0.25, 0.3) is 0 Å². The molecule has 19 heavy (non-hydrogen) atoms. The molecule has 0 aromatic heterocycles. The Morgan fingerprint density at radius 2 is 1.68 bits per heavy atom. The van der Waals surface area contributed by atoms with E-state index in [1.165, 1.54) is 17.0 Å². The molecule has 2 rings (SSSR count). The van der Waals surface area contributed by atoms with Crippen molar-refractivity contribution in [2.75, 3.05) is 18.0 Å². The molecule has 1 aromatic rings. The highest BCUT2D eigenvalue weighted by Gasteiger charge is 2.38. The predicted molar refractivity (Wildman–Crippen MR) is 65.5 cm³/mol. The van der Waals surface area contributed by atoms with Crippen molar-refractivity contribution in [1.29, 1.82) is 0 Å². The average molecular weight is 344 g/mol. The lowest BCUT2D eigenvalue weighted by Gasteiger charge is -2.34. The molecule has 0 aliphatic carbocycles. The number of benzene rings is 1. The molecular weight excluding hydrogens is 333 g/mol. The third-order valence-corrected chi connectivity index (χ3v) is 3.59. The number of halogens is 6. The molecule has 0 atom stereocenters. The predicted octanol–water partition coefficient (Wildman–Crippen LogP) is 4.70. The normalized spacial score (nSPS) is 19.6. The van der Waals surface area contributed by atoms with Gasteiger partial charge in [0, 0.05) is 36.1 Å².